The van der Waals surface area contributed by atoms with Gasteiger partial charge in [-0.05, 0) is 38.8 Å². The lowest BCUT2D eigenvalue weighted by molar-refractivity contribution is -0.152. The Bertz CT molecular complexity index is 1030. The van der Waals surface area contributed by atoms with Crippen molar-refractivity contribution in [1.82, 2.24) is 15.2 Å². The van der Waals surface area contributed by atoms with Gasteiger partial charge in [0.1, 0.15) is 17.0 Å². The number of ether oxygens (including phenoxy) is 1. The molecule has 0 radical (unpaired) electrons. The van der Waals surface area contributed by atoms with Crippen LogP contribution >= 0.6 is 0 Å². The van der Waals surface area contributed by atoms with E-state index in [1.807, 2.05) is 44.2 Å². The molecule has 2 amide bonds. The molecule has 4 rings (SSSR count). The topological polar surface area (TPSA) is 74.2 Å². The van der Waals surface area contributed by atoms with Crippen molar-refractivity contribution in [3.8, 4) is 5.75 Å². The van der Waals surface area contributed by atoms with Crippen LogP contribution in [0.3, 0.4) is 0 Å². The van der Waals surface area contributed by atoms with E-state index in [0.717, 1.165) is 42.7 Å². The molecule has 7 heteroatoms. The van der Waals surface area contributed by atoms with Crippen molar-refractivity contribution < 1.29 is 14.3 Å². The monoisotopic (exact) mass is 494 g/mol. The maximum absolute atomic E-state index is 14.0. The van der Waals surface area contributed by atoms with E-state index in [2.05, 4.69) is 26.1 Å². The number of piperazine rings is 1. The first kappa shape index (κ1) is 26.2. The molecule has 1 N–H and O–H groups in total. The summed E-state index contributed by atoms with van der Waals surface area (Å²) < 4.78 is 5.85. The van der Waals surface area contributed by atoms with Crippen molar-refractivity contribution in [2.24, 2.45) is 10.5 Å². The molecule has 0 spiro atoms. The van der Waals surface area contributed by atoms with Crippen LogP contribution in [0.5, 0.6) is 5.75 Å². The third-order valence-electron chi connectivity index (χ3n) is 7.67. The number of hydrazone groups is 1. The first-order valence-electron chi connectivity index (χ1n) is 13.5. The maximum atomic E-state index is 14.0. The van der Waals surface area contributed by atoms with Gasteiger partial charge in [0.05, 0.1) is 19.7 Å². The van der Waals surface area contributed by atoms with E-state index in [1.54, 1.807) is 9.91 Å². The Morgan fingerprint density at radius 3 is 2.53 bits per heavy atom. The molecule has 196 valence electrons. The van der Waals surface area contributed by atoms with Gasteiger partial charge in [-0.3, -0.25) is 14.6 Å². The number of para-hydroxylation sites is 1. The molecule has 1 saturated carbocycles. The van der Waals surface area contributed by atoms with Crippen molar-refractivity contribution in [3.05, 3.63) is 41.6 Å². The minimum absolute atomic E-state index is 0.103. The molecule has 2 aliphatic heterocycles. The van der Waals surface area contributed by atoms with E-state index < -0.39 is 5.54 Å². The summed E-state index contributed by atoms with van der Waals surface area (Å²) in [7, 11) is 0. The minimum atomic E-state index is -1.08. The third kappa shape index (κ3) is 5.45. The Labute approximate surface area is 215 Å². The van der Waals surface area contributed by atoms with Crippen molar-refractivity contribution in [1.29, 1.82) is 0 Å². The smallest absolute Gasteiger partial charge is 0.273 e. The van der Waals surface area contributed by atoms with E-state index in [4.69, 9.17) is 9.84 Å². The van der Waals surface area contributed by atoms with Crippen LogP contribution in [0.2, 0.25) is 0 Å². The number of amides is 2. The predicted molar refractivity (Wildman–Crippen MR) is 142 cm³/mol. The van der Waals surface area contributed by atoms with Crippen LogP contribution in [-0.4, -0.2) is 52.2 Å². The molecule has 1 saturated heterocycles. The van der Waals surface area contributed by atoms with E-state index in [-0.39, 0.29) is 23.3 Å². The van der Waals surface area contributed by atoms with Crippen molar-refractivity contribution in [3.63, 3.8) is 0 Å². The molecule has 0 aromatic heterocycles. The van der Waals surface area contributed by atoms with Crippen molar-refractivity contribution in [2.45, 2.75) is 97.7 Å². The summed E-state index contributed by atoms with van der Waals surface area (Å²) in [5.74, 6) is 0.476. The summed E-state index contributed by atoms with van der Waals surface area (Å²) >= 11 is 0. The van der Waals surface area contributed by atoms with Gasteiger partial charge in [0.25, 0.3) is 5.91 Å². The lowest BCUT2D eigenvalue weighted by Gasteiger charge is -2.49. The zero-order valence-electron chi connectivity index (χ0n) is 22.6. The van der Waals surface area contributed by atoms with Gasteiger partial charge in [-0.15, -0.1) is 0 Å². The second-order valence-corrected chi connectivity index (χ2v) is 11.5. The van der Waals surface area contributed by atoms with Crippen LogP contribution in [0.15, 0.2) is 41.1 Å². The number of carbonyl (C=O) groups is 2. The molecular weight excluding hydrogens is 452 g/mol. The Morgan fingerprint density at radius 1 is 1.17 bits per heavy atom. The fourth-order valence-corrected chi connectivity index (χ4v) is 5.36. The van der Waals surface area contributed by atoms with Crippen LogP contribution < -0.4 is 10.1 Å². The average Bonchev–Trinajstić information content (AvgIpc) is 3.10. The quantitative estimate of drug-likeness (QED) is 0.564. The molecule has 2 fully saturated rings. The number of nitrogens with zero attached hydrogens (tertiary/aromatic N) is 3. The highest BCUT2D eigenvalue weighted by Crippen LogP contribution is 2.36. The Hall–Kier alpha value is -2.83. The molecule has 7 nitrogen and oxygen atoms in total. The second kappa shape index (κ2) is 10.7. The highest BCUT2D eigenvalue weighted by molar-refractivity contribution is 6.02. The number of hydrogen-bond donors (Lipinski definition) is 1. The molecule has 3 aliphatic rings. The SMILES string of the molecule is CCOc1ccccc1CN1C(=O)C2=CCC(C(C)(C)C)=NN2CC1(C)C(=O)NC1CCCCCC1. The zero-order chi connectivity index (χ0) is 25.9. The molecule has 2 heterocycles. The lowest BCUT2D eigenvalue weighted by Crippen LogP contribution is -2.68. The van der Waals surface area contributed by atoms with Gasteiger partial charge in [0.15, 0.2) is 0 Å². The fraction of sp³-hybridized carbons (Fsp3) is 0.621. The van der Waals surface area contributed by atoms with E-state index in [9.17, 15) is 9.59 Å². The van der Waals surface area contributed by atoms with Crippen LogP contribution in [0.4, 0.5) is 0 Å². The number of rotatable bonds is 6. The first-order chi connectivity index (χ1) is 17.1. The predicted octanol–water partition coefficient (Wildman–Crippen LogP) is 5.02. The normalized spacial score (nSPS) is 23.4. The zero-order valence-corrected chi connectivity index (χ0v) is 22.6. The van der Waals surface area contributed by atoms with Crippen LogP contribution in [0, 0.1) is 5.41 Å². The summed E-state index contributed by atoms with van der Waals surface area (Å²) in [6, 6.07) is 7.91. The van der Waals surface area contributed by atoms with Crippen LogP contribution in [-0.2, 0) is 16.1 Å². The molecule has 1 aromatic rings. The Kier molecular flexibility index (Phi) is 7.76. The van der Waals surface area contributed by atoms with Gasteiger partial charge in [0, 0.05) is 29.2 Å². The lowest BCUT2D eigenvalue weighted by atomic mass is 9.86. The highest BCUT2D eigenvalue weighted by atomic mass is 16.5. The largest absolute Gasteiger partial charge is 0.494 e. The number of carbonyl (C=O) groups excluding carboxylic acids is 2. The molecular formula is C29H42N4O3. The number of fused-ring (bicyclic) bond motifs is 1. The summed E-state index contributed by atoms with van der Waals surface area (Å²) in [4.78, 5) is 29.7. The minimum Gasteiger partial charge on any atom is -0.494 e. The second-order valence-electron chi connectivity index (χ2n) is 11.5. The van der Waals surface area contributed by atoms with Gasteiger partial charge in [-0.25, -0.2) is 0 Å². The van der Waals surface area contributed by atoms with E-state index in [1.165, 1.54) is 12.8 Å². The summed E-state index contributed by atoms with van der Waals surface area (Å²) in [6.07, 6.45) is 9.28. The van der Waals surface area contributed by atoms with Gasteiger partial charge in [-0.1, -0.05) is 64.7 Å². The molecule has 1 aromatic carbocycles. The summed E-state index contributed by atoms with van der Waals surface area (Å²) in [5.41, 5.74) is 1.27. The Balaban J connectivity index is 1.68. The van der Waals surface area contributed by atoms with Crippen LogP contribution in [0.1, 0.15) is 85.1 Å². The average molecular weight is 495 g/mol. The van der Waals surface area contributed by atoms with E-state index >= 15 is 0 Å². The van der Waals surface area contributed by atoms with Crippen molar-refractivity contribution in [2.75, 3.05) is 13.2 Å². The van der Waals surface area contributed by atoms with Gasteiger partial charge in [-0.2, -0.15) is 5.10 Å². The molecule has 1 aliphatic carbocycles. The summed E-state index contributed by atoms with van der Waals surface area (Å²) in [6.45, 7) is 11.4. The van der Waals surface area contributed by atoms with Gasteiger partial charge < -0.3 is 15.0 Å². The number of hydrogen-bond acceptors (Lipinski definition) is 5. The molecule has 36 heavy (non-hydrogen) atoms. The van der Waals surface area contributed by atoms with Gasteiger partial charge >= 0.3 is 0 Å². The van der Waals surface area contributed by atoms with Crippen LogP contribution in [0.25, 0.3) is 0 Å². The molecule has 1 atom stereocenters. The van der Waals surface area contributed by atoms with Crippen molar-refractivity contribution >= 4 is 17.5 Å². The number of allylic oxidation sites excluding steroid dienone is 1. The molecule has 0 bridgehead atoms. The standard InChI is InChI=1S/C29H42N4O3/c1-6-36-24-16-12-11-13-21(24)19-32-26(34)23-17-18-25(28(2,3)4)31-33(23)20-29(32,5)27(35)30-22-14-9-7-8-10-15-22/h11-13,16-17,22H,6-10,14-15,18-20H2,1-5H3,(H,30,35). The Morgan fingerprint density at radius 2 is 1.86 bits per heavy atom. The number of nitrogens with one attached hydrogen (secondary N) is 1. The molecule has 1 unspecified atom stereocenters. The third-order valence-corrected chi connectivity index (χ3v) is 7.67. The van der Waals surface area contributed by atoms with Gasteiger partial charge in [0.2, 0.25) is 5.91 Å². The maximum Gasteiger partial charge on any atom is 0.273 e. The first-order valence-corrected chi connectivity index (χ1v) is 13.5. The summed E-state index contributed by atoms with van der Waals surface area (Å²) in [5, 5.41) is 9.97. The fourth-order valence-electron chi connectivity index (χ4n) is 5.36. The number of benzene rings is 1. The highest BCUT2D eigenvalue weighted by Gasteiger charge is 2.51. The van der Waals surface area contributed by atoms with E-state index in [0.29, 0.717) is 31.8 Å².